The molecule has 1 aromatic heterocycles. The number of allylic oxidation sites excluding steroid dienone is 3. The van der Waals surface area contributed by atoms with Crippen LogP contribution in [0.25, 0.3) is 16.5 Å². The van der Waals surface area contributed by atoms with Crippen LogP contribution in [0.2, 0.25) is 0 Å². The fraction of sp³-hybridized carbons (Fsp3) is 0.577. The number of rotatable bonds is 1. The predicted octanol–water partition coefficient (Wildman–Crippen LogP) is 5.88. The molecule has 6 rings (SSSR count). The molecule has 1 heterocycles. The summed E-state index contributed by atoms with van der Waals surface area (Å²) in [5, 5.41) is 18.7. The van der Waals surface area contributed by atoms with E-state index in [-0.39, 0.29) is 11.5 Å². The Morgan fingerprint density at radius 2 is 1.90 bits per heavy atom. The van der Waals surface area contributed by atoms with Crippen molar-refractivity contribution in [2.75, 3.05) is 0 Å². The molecule has 0 amide bonds. The van der Waals surface area contributed by atoms with Crippen LogP contribution < -0.4 is 0 Å². The van der Waals surface area contributed by atoms with E-state index in [2.05, 4.69) is 54.4 Å². The molecule has 4 aliphatic rings. The molecule has 0 saturated heterocycles. The molecule has 2 saturated carbocycles. The Morgan fingerprint density at radius 3 is 2.79 bits per heavy atom. The first kappa shape index (κ1) is 17.9. The average Bonchev–Trinajstić information content (AvgIpc) is 3.31. The third-order valence-electron chi connectivity index (χ3n) is 9.41. The molecule has 0 aliphatic heterocycles. The maximum atomic E-state index is 10.2. The van der Waals surface area contributed by atoms with Gasteiger partial charge in [0.25, 0.3) is 0 Å². The van der Waals surface area contributed by atoms with Crippen molar-refractivity contribution in [3.63, 3.8) is 0 Å². The van der Waals surface area contributed by atoms with Crippen LogP contribution in [-0.2, 0) is 0 Å². The molecule has 1 aromatic carbocycles. The smallest absolute Gasteiger partial charge is 0.0650 e. The minimum atomic E-state index is -0.114. The van der Waals surface area contributed by atoms with Gasteiger partial charge in [0.15, 0.2) is 0 Å². The maximum absolute atomic E-state index is 10.2. The number of fused-ring (bicyclic) bond motifs is 6. The Morgan fingerprint density at radius 1 is 1.03 bits per heavy atom. The molecular weight excluding hydrogens is 356 g/mol. The van der Waals surface area contributed by atoms with Crippen LogP contribution in [0.4, 0.5) is 0 Å². The van der Waals surface area contributed by atoms with E-state index in [1.165, 1.54) is 43.1 Å². The van der Waals surface area contributed by atoms with Crippen LogP contribution in [0.5, 0.6) is 0 Å². The molecular formula is C26H32N2O. The lowest BCUT2D eigenvalue weighted by Crippen LogP contribution is -2.49. The number of nitrogens with zero attached hydrogens (tertiary/aromatic N) is 1. The molecule has 0 radical (unpaired) electrons. The van der Waals surface area contributed by atoms with Crippen molar-refractivity contribution in [2.24, 2.45) is 28.6 Å². The van der Waals surface area contributed by atoms with Gasteiger partial charge < -0.3 is 5.11 Å². The zero-order valence-corrected chi connectivity index (χ0v) is 17.6. The number of benzene rings is 1. The largest absolute Gasteiger partial charge is 0.393 e. The summed E-state index contributed by atoms with van der Waals surface area (Å²) in [7, 11) is 0. The van der Waals surface area contributed by atoms with Gasteiger partial charge >= 0.3 is 0 Å². The highest BCUT2D eigenvalue weighted by atomic mass is 16.3. The molecule has 2 aromatic rings. The Balaban J connectivity index is 1.34. The number of aromatic amines is 1. The fourth-order valence-electron chi connectivity index (χ4n) is 7.77. The fourth-order valence-corrected chi connectivity index (χ4v) is 7.77. The summed E-state index contributed by atoms with van der Waals surface area (Å²) < 4.78 is 0. The van der Waals surface area contributed by atoms with Gasteiger partial charge in [-0.25, -0.2) is 0 Å². The summed E-state index contributed by atoms with van der Waals surface area (Å²) >= 11 is 0. The predicted molar refractivity (Wildman–Crippen MR) is 117 cm³/mol. The van der Waals surface area contributed by atoms with Crippen molar-refractivity contribution in [3.8, 4) is 0 Å². The second kappa shape index (κ2) is 6.07. The van der Waals surface area contributed by atoms with E-state index in [0.717, 1.165) is 36.1 Å². The number of aliphatic hydroxyl groups excluding tert-OH is 1. The van der Waals surface area contributed by atoms with E-state index >= 15 is 0 Å². The zero-order valence-electron chi connectivity index (χ0n) is 17.6. The summed E-state index contributed by atoms with van der Waals surface area (Å²) in [6.45, 7) is 5.05. The first-order chi connectivity index (χ1) is 14.0. The van der Waals surface area contributed by atoms with E-state index in [4.69, 9.17) is 0 Å². The van der Waals surface area contributed by atoms with Crippen LogP contribution >= 0.6 is 0 Å². The summed E-state index contributed by atoms with van der Waals surface area (Å²) in [6, 6.07) is 6.80. The Hall–Kier alpha value is -1.87. The Kier molecular flexibility index (Phi) is 3.76. The second-order valence-electron chi connectivity index (χ2n) is 10.6. The molecule has 3 nitrogen and oxygen atoms in total. The van der Waals surface area contributed by atoms with Crippen LogP contribution in [-0.4, -0.2) is 21.4 Å². The van der Waals surface area contributed by atoms with Crippen LogP contribution in [0.3, 0.4) is 0 Å². The van der Waals surface area contributed by atoms with Gasteiger partial charge in [-0.15, -0.1) is 0 Å². The minimum Gasteiger partial charge on any atom is -0.393 e. The van der Waals surface area contributed by atoms with Gasteiger partial charge in [0.2, 0.25) is 0 Å². The monoisotopic (exact) mass is 388 g/mol. The molecule has 0 unspecified atom stereocenters. The normalized spacial score (nSPS) is 41.3. The summed E-state index contributed by atoms with van der Waals surface area (Å²) in [4.78, 5) is 0. The molecule has 29 heavy (non-hydrogen) atoms. The van der Waals surface area contributed by atoms with Crippen molar-refractivity contribution in [3.05, 3.63) is 47.7 Å². The van der Waals surface area contributed by atoms with Gasteiger partial charge in [-0.3, -0.25) is 5.10 Å². The Bertz CT molecular complexity index is 1030. The molecule has 3 heteroatoms. The molecule has 0 bridgehead atoms. The summed E-state index contributed by atoms with van der Waals surface area (Å²) in [5.41, 5.74) is 6.26. The quantitative estimate of drug-likeness (QED) is 0.599. The highest BCUT2D eigenvalue weighted by molar-refractivity contribution is 5.84. The lowest BCUT2D eigenvalue weighted by atomic mass is 9.47. The first-order valence-corrected chi connectivity index (χ1v) is 11.5. The summed E-state index contributed by atoms with van der Waals surface area (Å²) in [6.07, 6.45) is 15.0. The van der Waals surface area contributed by atoms with E-state index in [1.54, 1.807) is 11.1 Å². The number of hydrogen-bond acceptors (Lipinski definition) is 2. The van der Waals surface area contributed by atoms with Crippen molar-refractivity contribution in [2.45, 2.75) is 64.9 Å². The van der Waals surface area contributed by atoms with Crippen LogP contribution in [0.15, 0.2) is 42.1 Å². The lowest BCUT2D eigenvalue weighted by Gasteiger charge is -2.57. The van der Waals surface area contributed by atoms with Crippen molar-refractivity contribution >= 4 is 16.5 Å². The number of H-pyrrole nitrogens is 1. The molecule has 2 fully saturated rings. The standard InChI is InChI=1S/C26H32N2O/c1-25-11-9-19(29)14-18(25)4-5-20-22-7-6-21(26(22,2)12-10-23(20)25)16-3-8-24-17(13-16)15-27-28-24/h3-4,6,8,13,15,19-20,22-23,29H,5,7,9-12,14H2,1-2H3,(H,27,28)/t19-,20+,22+,23+,25+,26-/m1/s1. The third kappa shape index (κ3) is 2.43. The van der Waals surface area contributed by atoms with Gasteiger partial charge in [0.05, 0.1) is 17.8 Å². The first-order valence-electron chi connectivity index (χ1n) is 11.5. The van der Waals surface area contributed by atoms with Crippen molar-refractivity contribution < 1.29 is 5.11 Å². The van der Waals surface area contributed by atoms with E-state index < -0.39 is 0 Å². The number of aromatic nitrogens is 2. The van der Waals surface area contributed by atoms with Crippen molar-refractivity contribution in [1.82, 2.24) is 10.2 Å². The molecule has 4 aliphatic carbocycles. The molecule has 0 spiro atoms. The molecule has 6 atom stereocenters. The van der Waals surface area contributed by atoms with Gasteiger partial charge in [0, 0.05) is 5.39 Å². The third-order valence-corrected chi connectivity index (χ3v) is 9.41. The molecule has 2 N–H and O–H groups in total. The van der Waals surface area contributed by atoms with Gasteiger partial charge in [-0.05, 0) is 96.8 Å². The minimum absolute atomic E-state index is 0.114. The second-order valence-corrected chi connectivity index (χ2v) is 10.6. The molecule has 152 valence electrons. The summed E-state index contributed by atoms with van der Waals surface area (Å²) in [5.74, 6) is 2.32. The van der Waals surface area contributed by atoms with Crippen molar-refractivity contribution in [1.29, 1.82) is 0 Å². The topological polar surface area (TPSA) is 48.9 Å². The maximum Gasteiger partial charge on any atom is 0.0650 e. The Labute approximate surface area is 173 Å². The van der Waals surface area contributed by atoms with E-state index in [0.29, 0.717) is 5.41 Å². The highest BCUT2D eigenvalue weighted by Crippen LogP contribution is 2.66. The van der Waals surface area contributed by atoms with E-state index in [1.807, 2.05) is 6.20 Å². The number of hydrogen-bond donors (Lipinski definition) is 2. The van der Waals surface area contributed by atoms with Gasteiger partial charge in [-0.2, -0.15) is 5.10 Å². The highest BCUT2D eigenvalue weighted by Gasteiger charge is 2.56. The van der Waals surface area contributed by atoms with E-state index in [9.17, 15) is 5.11 Å². The number of nitrogens with one attached hydrogen (secondary N) is 1. The number of aliphatic hydroxyl groups is 1. The van der Waals surface area contributed by atoms with Gasteiger partial charge in [-0.1, -0.05) is 37.6 Å². The average molecular weight is 389 g/mol. The van der Waals surface area contributed by atoms with Crippen LogP contribution in [0, 0.1) is 28.6 Å². The lowest BCUT2D eigenvalue weighted by molar-refractivity contribution is -0.0238. The zero-order chi connectivity index (χ0) is 19.8. The SMILES string of the molecule is C[C@]12CC[C@@H](O)CC1=CC[C@@H]1[C@@H]2CC[C@]2(C)C(c3ccc4[nH]ncc4c3)=CC[C@@H]12. The van der Waals surface area contributed by atoms with Crippen LogP contribution in [0.1, 0.15) is 64.4 Å². The van der Waals surface area contributed by atoms with Gasteiger partial charge in [0.1, 0.15) is 0 Å².